The van der Waals surface area contributed by atoms with Crippen molar-refractivity contribution in [1.82, 2.24) is 27.4 Å². The summed E-state index contributed by atoms with van der Waals surface area (Å²) < 4.78 is 18.5. The molecule has 0 unspecified atom stereocenters. The number of rotatable bonds is 16. The van der Waals surface area contributed by atoms with Crippen LogP contribution >= 0.6 is 0 Å². The van der Waals surface area contributed by atoms with Gasteiger partial charge in [-0.2, -0.15) is 0 Å². The van der Waals surface area contributed by atoms with Gasteiger partial charge in [-0.15, -0.1) is 6.58 Å². The minimum Gasteiger partial charge on any atom is -0.469 e. The molecule has 2 rings (SSSR count). The number of esters is 2. The van der Waals surface area contributed by atoms with E-state index >= 15 is 0 Å². The zero-order chi connectivity index (χ0) is 30.7. The molecule has 0 aliphatic rings. The van der Waals surface area contributed by atoms with E-state index in [0.29, 0.717) is 22.8 Å². The number of aliphatic hydroxyl groups excluding tert-OH is 1. The summed E-state index contributed by atoms with van der Waals surface area (Å²) >= 11 is 0. The van der Waals surface area contributed by atoms with Crippen LogP contribution in [0.3, 0.4) is 0 Å². The Balaban J connectivity index is 2.23. The highest BCUT2D eigenvalue weighted by Gasteiger charge is 2.18. The quantitative estimate of drug-likeness (QED) is 0.146. The summed E-state index contributed by atoms with van der Waals surface area (Å²) in [5, 5.41) is 9.20. The van der Waals surface area contributed by atoms with Gasteiger partial charge in [-0.3, -0.25) is 9.59 Å². The second-order valence-corrected chi connectivity index (χ2v) is 8.37. The number of aliphatic hydroxyl groups is 1. The first-order valence-electron chi connectivity index (χ1n) is 12.4. The van der Waals surface area contributed by atoms with E-state index in [1.165, 1.54) is 13.2 Å². The molecular formula is C23H32N6O12. The minimum atomic E-state index is -1.05. The third-order valence-corrected chi connectivity index (χ3v) is 5.81. The van der Waals surface area contributed by atoms with Crippen molar-refractivity contribution in [1.29, 1.82) is 0 Å². The largest absolute Gasteiger partial charge is 0.469 e. The highest BCUT2D eigenvalue weighted by molar-refractivity contribution is 5.69. The van der Waals surface area contributed by atoms with E-state index < -0.39 is 78.8 Å². The molecule has 0 aliphatic heterocycles. The van der Waals surface area contributed by atoms with Crippen LogP contribution in [0.1, 0.15) is 12.8 Å². The number of carbonyl (C=O) groups excluding carboxylic acids is 2. The Morgan fingerprint density at radius 3 is 1.51 bits per heavy atom. The van der Waals surface area contributed by atoms with Crippen LogP contribution in [0.5, 0.6) is 0 Å². The second kappa shape index (κ2) is 15.3. The van der Waals surface area contributed by atoms with Crippen molar-refractivity contribution in [2.24, 2.45) is 0 Å². The lowest BCUT2D eigenvalue weighted by Gasteiger charge is -2.14. The van der Waals surface area contributed by atoms with E-state index in [9.17, 15) is 43.5 Å². The van der Waals surface area contributed by atoms with Crippen LogP contribution in [0.2, 0.25) is 0 Å². The lowest BCUT2D eigenvalue weighted by molar-refractivity contribution is -0.144. The number of methoxy groups -OCH3 is 2. The van der Waals surface area contributed by atoms with E-state index in [2.05, 4.69) is 11.3 Å². The summed E-state index contributed by atoms with van der Waals surface area (Å²) in [7, 11) is 2.49. The van der Waals surface area contributed by atoms with Crippen molar-refractivity contribution in [3.63, 3.8) is 0 Å². The molecule has 0 aliphatic carbocycles. The van der Waals surface area contributed by atoms with Crippen LogP contribution in [-0.4, -0.2) is 78.5 Å². The maximum Gasteiger partial charge on any atom is 0.336 e. The molecule has 2 aromatic rings. The highest BCUT2D eigenvalue weighted by atomic mass is 16.5. The van der Waals surface area contributed by atoms with Gasteiger partial charge < -0.3 is 19.3 Å². The fraction of sp³-hybridized carbons (Fsp3) is 0.565. The molecule has 2 heterocycles. The Morgan fingerprint density at radius 1 is 0.659 bits per heavy atom. The minimum absolute atomic E-state index is 0.00859. The third kappa shape index (κ3) is 7.76. The molecule has 0 saturated heterocycles. The van der Waals surface area contributed by atoms with Crippen LogP contribution < -0.4 is 34.1 Å². The van der Waals surface area contributed by atoms with Crippen molar-refractivity contribution in [3.8, 4) is 0 Å². The Bertz CT molecular complexity index is 1620. The van der Waals surface area contributed by atoms with Gasteiger partial charge in [0.05, 0.1) is 59.3 Å². The SMILES string of the molecule is C=CCn1c(=O)n(CCC(=O)OC)c(=O)n(CCC(=O)OCCn2c(=O)n(CCO)c(=O)n(CCOC)c2=O)c1=O. The van der Waals surface area contributed by atoms with Crippen molar-refractivity contribution in [3.05, 3.63) is 75.6 Å². The predicted octanol–water partition coefficient (Wildman–Crippen LogP) is -4.32. The molecule has 18 nitrogen and oxygen atoms in total. The number of carbonyl (C=O) groups is 2. The zero-order valence-corrected chi connectivity index (χ0v) is 22.7. The van der Waals surface area contributed by atoms with Gasteiger partial charge in [0.25, 0.3) is 0 Å². The van der Waals surface area contributed by atoms with E-state index in [-0.39, 0.29) is 39.2 Å². The first kappa shape index (κ1) is 32.6. The number of hydrogen-bond donors (Lipinski definition) is 1. The third-order valence-electron chi connectivity index (χ3n) is 5.81. The van der Waals surface area contributed by atoms with E-state index in [4.69, 9.17) is 9.47 Å². The first-order chi connectivity index (χ1) is 19.5. The molecule has 0 saturated carbocycles. The molecule has 1 N–H and O–H groups in total. The topological polar surface area (TPSA) is 214 Å². The van der Waals surface area contributed by atoms with Crippen LogP contribution in [0.25, 0.3) is 0 Å². The summed E-state index contributed by atoms with van der Waals surface area (Å²) in [6.45, 7) is 0.350. The smallest absolute Gasteiger partial charge is 0.336 e. The van der Waals surface area contributed by atoms with Gasteiger partial charge in [0.1, 0.15) is 6.61 Å². The number of nitrogens with zero attached hydrogens (tertiary/aromatic N) is 6. The van der Waals surface area contributed by atoms with E-state index in [1.807, 2.05) is 0 Å². The summed E-state index contributed by atoms with van der Waals surface area (Å²) in [5.74, 6) is -1.60. The zero-order valence-electron chi connectivity index (χ0n) is 22.7. The van der Waals surface area contributed by atoms with Crippen molar-refractivity contribution < 1.29 is 28.9 Å². The highest BCUT2D eigenvalue weighted by Crippen LogP contribution is 1.92. The van der Waals surface area contributed by atoms with Gasteiger partial charge in [-0.1, -0.05) is 6.08 Å². The fourth-order valence-corrected chi connectivity index (χ4v) is 3.72. The standard InChI is InChI=1S/C23H32N6O12/c1-4-7-24-18(33)25(8-5-16(31)40-3)20(35)26(19(24)34)9-6-17(32)41-15-12-29-22(37)27(10-13-30)21(36)28(23(29)38)11-14-39-2/h4,30H,1,5-15H2,2-3H3. The summed E-state index contributed by atoms with van der Waals surface area (Å²) in [6.07, 6.45) is 0.429. The van der Waals surface area contributed by atoms with Crippen molar-refractivity contribution >= 4 is 11.9 Å². The van der Waals surface area contributed by atoms with E-state index in [1.54, 1.807) is 0 Å². The first-order valence-corrected chi connectivity index (χ1v) is 12.4. The molecule has 2 aromatic heterocycles. The molecular weight excluding hydrogens is 552 g/mol. The van der Waals surface area contributed by atoms with Crippen LogP contribution in [0.15, 0.2) is 41.4 Å². The molecule has 18 heteroatoms. The molecule has 0 bridgehead atoms. The van der Waals surface area contributed by atoms with E-state index in [0.717, 1.165) is 11.7 Å². The molecule has 0 atom stereocenters. The molecule has 0 amide bonds. The second-order valence-electron chi connectivity index (χ2n) is 8.37. The molecule has 0 aromatic carbocycles. The lowest BCUT2D eigenvalue weighted by Crippen LogP contribution is -2.55. The Labute approximate surface area is 230 Å². The normalized spacial score (nSPS) is 10.9. The number of ether oxygens (including phenoxy) is 3. The molecule has 41 heavy (non-hydrogen) atoms. The fourth-order valence-electron chi connectivity index (χ4n) is 3.72. The number of hydrogen-bond acceptors (Lipinski definition) is 12. The van der Waals surface area contributed by atoms with Crippen LogP contribution in [-0.2, 0) is 63.1 Å². The van der Waals surface area contributed by atoms with Crippen molar-refractivity contribution in [2.75, 3.05) is 34.0 Å². The van der Waals surface area contributed by atoms with Gasteiger partial charge >= 0.3 is 46.1 Å². The van der Waals surface area contributed by atoms with Crippen LogP contribution in [0.4, 0.5) is 0 Å². The number of aromatic nitrogens is 6. The molecule has 0 fully saturated rings. The molecule has 0 radical (unpaired) electrons. The average Bonchev–Trinajstić information content (AvgIpc) is 2.94. The Hall–Kier alpha value is -4.58. The molecule has 226 valence electrons. The maximum absolute atomic E-state index is 12.8. The lowest BCUT2D eigenvalue weighted by atomic mass is 10.4. The Kier molecular flexibility index (Phi) is 12.2. The monoisotopic (exact) mass is 584 g/mol. The summed E-state index contributed by atoms with van der Waals surface area (Å²) in [4.78, 5) is 99.9. The van der Waals surface area contributed by atoms with Crippen LogP contribution in [0, 0.1) is 0 Å². The van der Waals surface area contributed by atoms with Gasteiger partial charge in [0, 0.05) is 20.2 Å². The predicted molar refractivity (Wildman–Crippen MR) is 140 cm³/mol. The maximum atomic E-state index is 12.8. The van der Waals surface area contributed by atoms with Gasteiger partial charge in [0.15, 0.2) is 0 Å². The average molecular weight is 585 g/mol. The Morgan fingerprint density at radius 2 is 1.07 bits per heavy atom. The number of allylic oxidation sites excluding steroid dienone is 1. The van der Waals surface area contributed by atoms with Gasteiger partial charge in [0.2, 0.25) is 0 Å². The van der Waals surface area contributed by atoms with Gasteiger partial charge in [-0.25, -0.2) is 56.2 Å². The summed E-state index contributed by atoms with van der Waals surface area (Å²) in [5.41, 5.74) is -5.93. The molecule has 0 spiro atoms. The van der Waals surface area contributed by atoms with Crippen molar-refractivity contribution in [2.45, 2.75) is 52.1 Å². The van der Waals surface area contributed by atoms with Gasteiger partial charge in [-0.05, 0) is 0 Å². The summed E-state index contributed by atoms with van der Waals surface area (Å²) in [6, 6.07) is 0.